The van der Waals surface area contributed by atoms with Crippen molar-refractivity contribution < 1.29 is 18.6 Å². The molecule has 0 radical (unpaired) electrons. The molecule has 0 spiro atoms. The van der Waals surface area contributed by atoms with Gasteiger partial charge in [0.2, 0.25) is 0 Å². The first kappa shape index (κ1) is 14.5. The predicted octanol–water partition coefficient (Wildman–Crippen LogP) is 3.67. The number of aliphatic hydroxyl groups is 1. The standard InChI is InChI=1S/C16H16F2O2/c1-9-7-10(2)14(12(18)8-9)16(19)15-11(17)5-4-6-13(15)20-3/h4-8,16,19H,1-3H3. The normalized spacial score (nSPS) is 12.3. The molecule has 0 aliphatic rings. The molecule has 2 rings (SSSR count). The molecule has 106 valence electrons. The fourth-order valence-electron chi connectivity index (χ4n) is 2.38. The highest BCUT2D eigenvalue weighted by Gasteiger charge is 2.24. The molecule has 0 saturated heterocycles. The summed E-state index contributed by atoms with van der Waals surface area (Å²) in [4.78, 5) is 0. The Morgan fingerprint density at radius 3 is 2.35 bits per heavy atom. The molecular weight excluding hydrogens is 262 g/mol. The van der Waals surface area contributed by atoms with E-state index in [-0.39, 0.29) is 16.9 Å². The summed E-state index contributed by atoms with van der Waals surface area (Å²) in [5.41, 5.74) is 1.33. The van der Waals surface area contributed by atoms with Crippen LogP contribution >= 0.6 is 0 Å². The van der Waals surface area contributed by atoms with E-state index >= 15 is 0 Å². The number of ether oxygens (including phenoxy) is 1. The van der Waals surface area contributed by atoms with Gasteiger partial charge in [-0.25, -0.2) is 8.78 Å². The Bertz CT molecular complexity index is 615. The van der Waals surface area contributed by atoms with Gasteiger partial charge in [-0.15, -0.1) is 0 Å². The van der Waals surface area contributed by atoms with Gasteiger partial charge in [0.15, 0.2) is 0 Å². The van der Waals surface area contributed by atoms with Crippen molar-refractivity contribution in [3.8, 4) is 5.75 Å². The molecule has 0 saturated carbocycles. The number of aryl methyl sites for hydroxylation is 2. The third-order valence-corrected chi connectivity index (χ3v) is 3.26. The van der Waals surface area contributed by atoms with Crippen LogP contribution in [0.3, 0.4) is 0 Å². The van der Waals surface area contributed by atoms with Gasteiger partial charge in [-0.05, 0) is 43.2 Å². The highest BCUT2D eigenvalue weighted by molar-refractivity contribution is 5.44. The van der Waals surface area contributed by atoms with Crippen molar-refractivity contribution in [3.05, 3.63) is 64.2 Å². The van der Waals surface area contributed by atoms with E-state index in [9.17, 15) is 13.9 Å². The SMILES string of the molecule is COc1cccc(F)c1C(O)c1c(C)cc(C)cc1F. The smallest absolute Gasteiger partial charge is 0.133 e. The van der Waals surface area contributed by atoms with Gasteiger partial charge >= 0.3 is 0 Å². The summed E-state index contributed by atoms with van der Waals surface area (Å²) in [6.45, 7) is 3.44. The zero-order valence-corrected chi connectivity index (χ0v) is 11.6. The number of benzene rings is 2. The Labute approximate surface area is 116 Å². The Kier molecular flexibility index (Phi) is 4.04. The predicted molar refractivity (Wildman–Crippen MR) is 72.9 cm³/mol. The maximum absolute atomic E-state index is 14.1. The fourth-order valence-corrected chi connectivity index (χ4v) is 2.38. The topological polar surface area (TPSA) is 29.5 Å². The molecule has 2 aromatic carbocycles. The molecule has 0 heterocycles. The fraction of sp³-hybridized carbons (Fsp3) is 0.250. The third-order valence-electron chi connectivity index (χ3n) is 3.26. The highest BCUT2D eigenvalue weighted by atomic mass is 19.1. The Morgan fingerprint density at radius 2 is 1.75 bits per heavy atom. The van der Waals surface area contributed by atoms with Gasteiger partial charge < -0.3 is 9.84 Å². The number of halogens is 2. The lowest BCUT2D eigenvalue weighted by atomic mass is 9.94. The zero-order chi connectivity index (χ0) is 14.9. The minimum absolute atomic E-state index is 0.0548. The van der Waals surface area contributed by atoms with Gasteiger partial charge in [0, 0.05) is 5.56 Å². The van der Waals surface area contributed by atoms with Gasteiger partial charge in [0.25, 0.3) is 0 Å². The van der Waals surface area contributed by atoms with Crippen LogP contribution in [0.1, 0.15) is 28.4 Å². The van der Waals surface area contributed by atoms with Crippen molar-refractivity contribution in [2.75, 3.05) is 7.11 Å². The van der Waals surface area contributed by atoms with Gasteiger partial charge in [0.1, 0.15) is 23.5 Å². The molecule has 1 N–H and O–H groups in total. The first-order chi connectivity index (χ1) is 9.45. The second-order valence-corrected chi connectivity index (χ2v) is 4.74. The molecule has 2 nitrogen and oxygen atoms in total. The van der Waals surface area contributed by atoms with Crippen LogP contribution in [-0.4, -0.2) is 12.2 Å². The quantitative estimate of drug-likeness (QED) is 0.928. The number of hydrogen-bond donors (Lipinski definition) is 1. The van der Waals surface area contributed by atoms with E-state index in [1.54, 1.807) is 19.9 Å². The van der Waals surface area contributed by atoms with Crippen LogP contribution in [0.4, 0.5) is 8.78 Å². The number of aliphatic hydroxyl groups excluding tert-OH is 1. The zero-order valence-electron chi connectivity index (χ0n) is 11.6. The molecule has 0 aromatic heterocycles. The summed E-state index contributed by atoms with van der Waals surface area (Å²) in [7, 11) is 1.38. The number of rotatable bonds is 3. The molecule has 1 unspecified atom stereocenters. The van der Waals surface area contributed by atoms with Crippen LogP contribution in [0.2, 0.25) is 0 Å². The summed E-state index contributed by atoms with van der Waals surface area (Å²) in [5, 5.41) is 10.4. The first-order valence-electron chi connectivity index (χ1n) is 6.22. The van der Waals surface area contributed by atoms with Gasteiger partial charge in [-0.1, -0.05) is 12.1 Å². The van der Waals surface area contributed by atoms with Crippen LogP contribution < -0.4 is 4.74 Å². The van der Waals surface area contributed by atoms with E-state index in [2.05, 4.69) is 0 Å². The minimum atomic E-state index is -1.41. The molecule has 4 heteroatoms. The summed E-state index contributed by atoms with van der Waals surface area (Å²) in [6.07, 6.45) is -1.41. The molecular formula is C16H16F2O2. The lowest BCUT2D eigenvalue weighted by Crippen LogP contribution is -2.09. The summed E-state index contributed by atoms with van der Waals surface area (Å²) >= 11 is 0. The van der Waals surface area contributed by atoms with Crippen LogP contribution in [-0.2, 0) is 0 Å². The van der Waals surface area contributed by atoms with E-state index in [1.165, 1.54) is 31.4 Å². The van der Waals surface area contributed by atoms with Crippen molar-refractivity contribution in [1.82, 2.24) is 0 Å². The summed E-state index contributed by atoms with van der Waals surface area (Å²) < 4.78 is 33.1. The maximum atomic E-state index is 14.1. The van der Waals surface area contributed by atoms with Crippen molar-refractivity contribution in [2.45, 2.75) is 20.0 Å². The van der Waals surface area contributed by atoms with Crippen molar-refractivity contribution in [1.29, 1.82) is 0 Å². The van der Waals surface area contributed by atoms with E-state index in [0.29, 0.717) is 5.56 Å². The van der Waals surface area contributed by atoms with E-state index in [0.717, 1.165) is 5.56 Å². The second kappa shape index (κ2) is 5.59. The lowest BCUT2D eigenvalue weighted by molar-refractivity contribution is 0.203. The van der Waals surface area contributed by atoms with Gasteiger partial charge in [-0.3, -0.25) is 0 Å². The first-order valence-corrected chi connectivity index (χ1v) is 6.22. The van der Waals surface area contributed by atoms with E-state index < -0.39 is 17.7 Å². The van der Waals surface area contributed by atoms with Gasteiger partial charge in [-0.2, -0.15) is 0 Å². The Morgan fingerprint density at radius 1 is 1.05 bits per heavy atom. The van der Waals surface area contributed by atoms with Crippen LogP contribution in [0, 0.1) is 25.5 Å². The van der Waals surface area contributed by atoms with Crippen LogP contribution in [0.25, 0.3) is 0 Å². The highest BCUT2D eigenvalue weighted by Crippen LogP contribution is 2.35. The largest absolute Gasteiger partial charge is 0.496 e. The van der Waals surface area contributed by atoms with Crippen molar-refractivity contribution in [3.63, 3.8) is 0 Å². The molecule has 0 aliphatic heterocycles. The molecule has 1 atom stereocenters. The van der Waals surface area contributed by atoms with Crippen LogP contribution in [0.5, 0.6) is 5.75 Å². The minimum Gasteiger partial charge on any atom is -0.496 e. The van der Waals surface area contributed by atoms with Gasteiger partial charge in [0.05, 0.1) is 12.7 Å². The van der Waals surface area contributed by atoms with Crippen molar-refractivity contribution >= 4 is 0 Å². The molecule has 0 fully saturated rings. The van der Waals surface area contributed by atoms with Crippen molar-refractivity contribution in [2.24, 2.45) is 0 Å². The second-order valence-electron chi connectivity index (χ2n) is 4.74. The molecule has 0 aliphatic carbocycles. The van der Waals surface area contributed by atoms with E-state index in [1.807, 2.05) is 0 Å². The number of methoxy groups -OCH3 is 1. The average Bonchev–Trinajstić information content (AvgIpc) is 2.36. The Balaban J connectivity index is 2.61. The summed E-state index contributed by atoms with van der Waals surface area (Å²) in [6, 6.07) is 7.28. The third kappa shape index (κ3) is 2.51. The van der Waals surface area contributed by atoms with E-state index in [4.69, 9.17) is 4.74 Å². The number of hydrogen-bond acceptors (Lipinski definition) is 2. The monoisotopic (exact) mass is 278 g/mol. The average molecular weight is 278 g/mol. The lowest BCUT2D eigenvalue weighted by Gasteiger charge is -2.18. The Hall–Kier alpha value is -1.94. The molecule has 2 aromatic rings. The molecule has 0 amide bonds. The molecule has 0 bridgehead atoms. The maximum Gasteiger partial charge on any atom is 0.133 e. The molecule has 20 heavy (non-hydrogen) atoms. The van der Waals surface area contributed by atoms with Crippen LogP contribution in [0.15, 0.2) is 30.3 Å². The summed E-state index contributed by atoms with van der Waals surface area (Å²) in [5.74, 6) is -0.992.